The molecule has 2 N–H and O–H groups in total. The molecular formula is C14H21N3O3S. The van der Waals surface area contributed by atoms with Gasteiger partial charge in [0, 0.05) is 18.5 Å². The summed E-state index contributed by atoms with van der Waals surface area (Å²) in [4.78, 5) is 28.7. The van der Waals surface area contributed by atoms with Gasteiger partial charge in [-0.25, -0.2) is 14.6 Å². The van der Waals surface area contributed by atoms with Crippen molar-refractivity contribution in [3.63, 3.8) is 0 Å². The lowest BCUT2D eigenvalue weighted by atomic mass is 9.98. The first kappa shape index (κ1) is 15.8. The van der Waals surface area contributed by atoms with E-state index in [2.05, 4.69) is 17.2 Å². The Labute approximate surface area is 128 Å². The number of hydrogen-bond acceptors (Lipinski definition) is 4. The number of urea groups is 1. The highest BCUT2D eigenvalue weighted by Gasteiger charge is 2.19. The van der Waals surface area contributed by atoms with E-state index in [1.807, 2.05) is 4.90 Å². The summed E-state index contributed by atoms with van der Waals surface area (Å²) in [7, 11) is 0. The van der Waals surface area contributed by atoms with Crippen LogP contribution in [0.4, 0.5) is 4.79 Å². The van der Waals surface area contributed by atoms with E-state index in [4.69, 9.17) is 5.11 Å². The number of carbonyl (C=O) groups excluding carboxylic acids is 1. The number of carboxylic acids is 1. The van der Waals surface area contributed by atoms with Crippen LogP contribution < -0.4 is 5.32 Å². The molecule has 0 spiro atoms. The quantitative estimate of drug-likeness (QED) is 0.895. The first-order valence-corrected chi connectivity index (χ1v) is 8.18. The van der Waals surface area contributed by atoms with E-state index in [1.54, 1.807) is 0 Å². The van der Waals surface area contributed by atoms with Gasteiger partial charge in [-0.2, -0.15) is 0 Å². The number of carboxylic acid groups (broad SMARTS) is 1. The summed E-state index contributed by atoms with van der Waals surface area (Å²) in [6.07, 6.45) is 4.47. The Balaban J connectivity index is 1.82. The summed E-state index contributed by atoms with van der Waals surface area (Å²) >= 11 is 1.25. The van der Waals surface area contributed by atoms with Gasteiger partial charge in [0.1, 0.15) is 5.01 Å². The number of carbonyl (C=O) groups is 2. The van der Waals surface area contributed by atoms with Gasteiger partial charge in [0.15, 0.2) is 5.69 Å². The van der Waals surface area contributed by atoms with Crippen molar-refractivity contribution in [2.45, 2.75) is 39.2 Å². The molecule has 1 aromatic heterocycles. The molecule has 0 radical (unpaired) electrons. The van der Waals surface area contributed by atoms with E-state index in [-0.39, 0.29) is 18.3 Å². The summed E-state index contributed by atoms with van der Waals surface area (Å²) in [5.74, 6) is -0.318. The molecule has 0 saturated carbocycles. The molecule has 21 heavy (non-hydrogen) atoms. The third-order valence-electron chi connectivity index (χ3n) is 3.87. The summed E-state index contributed by atoms with van der Waals surface area (Å²) < 4.78 is 0. The lowest BCUT2D eigenvalue weighted by molar-refractivity contribution is 0.0691. The smallest absolute Gasteiger partial charge is 0.355 e. The van der Waals surface area contributed by atoms with Crippen molar-refractivity contribution >= 4 is 23.3 Å². The minimum atomic E-state index is -1.04. The van der Waals surface area contributed by atoms with Gasteiger partial charge >= 0.3 is 12.0 Å². The zero-order chi connectivity index (χ0) is 15.2. The summed E-state index contributed by atoms with van der Waals surface area (Å²) in [6, 6.07) is -0.0844. The minimum absolute atomic E-state index is 0.0322. The van der Waals surface area contributed by atoms with Crippen molar-refractivity contribution in [1.29, 1.82) is 0 Å². The number of amides is 2. The highest BCUT2D eigenvalue weighted by Crippen LogP contribution is 2.20. The number of nitrogens with zero attached hydrogens (tertiary/aromatic N) is 2. The second kappa shape index (κ2) is 7.40. The standard InChI is InChI=1S/C14H21N3O3S/c1-2-10-4-3-6-17(7-5-10)14(20)15-8-12-16-11(9-21-12)13(18)19/h9-10H,2-8H2,1H3,(H,15,20)(H,18,19). The first-order chi connectivity index (χ1) is 10.1. The topological polar surface area (TPSA) is 82.5 Å². The van der Waals surface area contributed by atoms with Crippen LogP contribution in [0.15, 0.2) is 5.38 Å². The van der Waals surface area contributed by atoms with Gasteiger partial charge in [0.05, 0.1) is 6.54 Å². The van der Waals surface area contributed by atoms with E-state index < -0.39 is 5.97 Å². The molecule has 1 aliphatic rings. The van der Waals surface area contributed by atoms with Gasteiger partial charge in [-0.1, -0.05) is 13.3 Å². The van der Waals surface area contributed by atoms with Crippen LogP contribution in [0.1, 0.15) is 48.1 Å². The Morgan fingerprint density at radius 3 is 2.95 bits per heavy atom. The second-order valence-corrected chi connectivity index (χ2v) is 6.23. The zero-order valence-corrected chi connectivity index (χ0v) is 13.0. The van der Waals surface area contributed by atoms with Crippen LogP contribution >= 0.6 is 11.3 Å². The fourth-order valence-corrected chi connectivity index (χ4v) is 3.24. The minimum Gasteiger partial charge on any atom is -0.476 e. The monoisotopic (exact) mass is 311 g/mol. The van der Waals surface area contributed by atoms with Crippen molar-refractivity contribution in [1.82, 2.24) is 15.2 Å². The molecule has 1 fully saturated rings. The number of aromatic nitrogens is 1. The van der Waals surface area contributed by atoms with Crippen LogP contribution in [0.5, 0.6) is 0 Å². The number of aromatic carboxylic acids is 1. The molecule has 1 aliphatic heterocycles. The molecule has 1 atom stereocenters. The lowest BCUT2D eigenvalue weighted by Gasteiger charge is -2.20. The van der Waals surface area contributed by atoms with Crippen molar-refractivity contribution < 1.29 is 14.7 Å². The van der Waals surface area contributed by atoms with Gasteiger partial charge in [-0.3, -0.25) is 0 Å². The number of hydrogen-bond donors (Lipinski definition) is 2. The highest BCUT2D eigenvalue weighted by atomic mass is 32.1. The average Bonchev–Trinajstić information content (AvgIpc) is 2.82. The number of rotatable bonds is 4. The zero-order valence-electron chi connectivity index (χ0n) is 12.2. The summed E-state index contributed by atoms with van der Waals surface area (Å²) in [6.45, 7) is 4.07. The van der Waals surface area contributed by atoms with Crippen molar-refractivity contribution in [2.75, 3.05) is 13.1 Å². The van der Waals surface area contributed by atoms with Crippen molar-refractivity contribution in [3.05, 3.63) is 16.1 Å². The van der Waals surface area contributed by atoms with E-state index in [9.17, 15) is 9.59 Å². The van der Waals surface area contributed by atoms with Gasteiger partial charge < -0.3 is 15.3 Å². The molecule has 6 nitrogen and oxygen atoms in total. The summed E-state index contributed by atoms with van der Waals surface area (Å²) in [5.41, 5.74) is 0.0322. The predicted molar refractivity (Wildman–Crippen MR) is 80.5 cm³/mol. The molecule has 1 aromatic rings. The Kier molecular flexibility index (Phi) is 5.55. The van der Waals surface area contributed by atoms with E-state index in [1.165, 1.54) is 29.6 Å². The molecule has 0 aliphatic carbocycles. The fourth-order valence-electron chi connectivity index (χ4n) is 2.53. The first-order valence-electron chi connectivity index (χ1n) is 7.30. The molecule has 1 saturated heterocycles. The molecule has 0 bridgehead atoms. The number of nitrogens with one attached hydrogen (secondary N) is 1. The molecule has 2 rings (SSSR count). The second-order valence-electron chi connectivity index (χ2n) is 5.28. The Hall–Kier alpha value is -1.63. The Morgan fingerprint density at radius 2 is 2.29 bits per heavy atom. The van der Waals surface area contributed by atoms with Crippen LogP contribution in [0.2, 0.25) is 0 Å². The molecule has 2 amide bonds. The third kappa shape index (κ3) is 4.42. The largest absolute Gasteiger partial charge is 0.476 e. The van der Waals surface area contributed by atoms with Crippen LogP contribution in [0, 0.1) is 5.92 Å². The van der Waals surface area contributed by atoms with E-state index in [0.717, 1.165) is 31.8 Å². The van der Waals surface area contributed by atoms with E-state index in [0.29, 0.717) is 5.01 Å². The SMILES string of the molecule is CCC1CCCN(C(=O)NCc2nc(C(=O)O)cs2)CC1. The van der Waals surface area contributed by atoms with Gasteiger partial charge in [0.2, 0.25) is 0 Å². The maximum atomic E-state index is 12.1. The maximum absolute atomic E-state index is 12.1. The highest BCUT2D eigenvalue weighted by molar-refractivity contribution is 7.09. The molecule has 2 heterocycles. The molecule has 0 aromatic carbocycles. The predicted octanol–water partition coefficient (Wildman–Crippen LogP) is 2.56. The fraction of sp³-hybridized carbons (Fsp3) is 0.643. The summed E-state index contributed by atoms with van der Waals surface area (Å²) in [5, 5.41) is 13.7. The molecule has 1 unspecified atom stereocenters. The van der Waals surface area contributed by atoms with Gasteiger partial charge in [-0.05, 0) is 25.2 Å². The van der Waals surface area contributed by atoms with Crippen LogP contribution in [-0.4, -0.2) is 40.1 Å². The van der Waals surface area contributed by atoms with Gasteiger partial charge in [-0.15, -0.1) is 11.3 Å². The normalized spacial score (nSPS) is 19.1. The van der Waals surface area contributed by atoms with Crippen LogP contribution in [-0.2, 0) is 6.54 Å². The third-order valence-corrected chi connectivity index (χ3v) is 4.72. The Morgan fingerprint density at radius 1 is 1.48 bits per heavy atom. The lowest BCUT2D eigenvalue weighted by Crippen LogP contribution is -2.40. The number of thiazole rings is 1. The van der Waals surface area contributed by atoms with Gasteiger partial charge in [0.25, 0.3) is 0 Å². The van der Waals surface area contributed by atoms with Crippen molar-refractivity contribution in [3.8, 4) is 0 Å². The van der Waals surface area contributed by atoms with Crippen molar-refractivity contribution in [2.24, 2.45) is 5.92 Å². The maximum Gasteiger partial charge on any atom is 0.355 e. The molecule has 7 heteroatoms. The van der Waals surface area contributed by atoms with Crippen LogP contribution in [0.3, 0.4) is 0 Å². The number of likely N-dealkylation sites (tertiary alicyclic amines) is 1. The van der Waals surface area contributed by atoms with E-state index >= 15 is 0 Å². The Bertz CT molecular complexity index is 503. The average molecular weight is 311 g/mol. The van der Waals surface area contributed by atoms with Crippen LogP contribution in [0.25, 0.3) is 0 Å². The molecule has 116 valence electrons. The molecular weight excluding hydrogens is 290 g/mol.